The van der Waals surface area contributed by atoms with Crippen LogP contribution in [0.5, 0.6) is 0 Å². The van der Waals surface area contributed by atoms with Crippen LogP contribution in [0.1, 0.15) is 27.6 Å². The van der Waals surface area contributed by atoms with Gasteiger partial charge in [0.25, 0.3) is 0 Å². The van der Waals surface area contributed by atoms with Gasteiger partial charge in [0, 0.05) is 15.9 Å². The summed E-state index contributed by atoms with van der Waals surface area (Å²) in [5, 5.41) is 0. The Morgan fingerprint density at radius 1 is 0.828 bits per heavy atom. The van der Waals surface area contributed by atoms with Gasteiger partial charge in [-0.3, -0.25) is 4.79 Å². The average Bonchev–Trinajstić information content (AvgIpc) is 2.68. The summed E-state index contributed by atoms with van der Waals surface area (Å²) in [4.78, 5) is 35.3. The maximum absolute atomic E-state index is 12.2. The smallest absolute Gasteiger partial charge is 0.338 e. The van der Waals surface area contributed by atoms with Crippen molar-refractivity contribution in [3.63, 3.8) is 0 Å². The Morgan fingerprint density at radius 2 is 1.31 bits per heavy atom. The molecular formula is C20H18Br2O7. The third-order valence-corrected chi connectivity index (χ3v) is 4.47. The molecule has 0 N–H and O–H groups in total. The first-order valence-electron chi connectivity index (χ1n) is 8.45. The van der Waals surface area contributed by atoms with E-state index in [1.54, 1.807) is 48.5 Å². The Labute approximate surface area is 184 Å². The molecule has 0 spiro atoms. The Hall–Kier alpha value is -2.23. The fourth-order valence-electron chi connectivity index (χ4n) is 2.09. The lowest BCUT2D eigenvalue weighted by molar-refractivity contribution is -0.162. The van der Waals surface area contributed by atoms with Gasteiger partial charge in [0.1, 0.15) is 19.3 Å². The highest BCUT2D eigenvalue weighted by Crippen LogP contribution is 2.14. The SMILES string of the molecule is CC(=O)OCOC(COC(=O)c1cccc(Br)c1)COC(=O)c1cccc(Br)c1. The molecule has 0 atom stereocenters. The molecule has 0 aromatic heterocycles. The highest BCUT2D eigenvalue weighted by atomic mass is 79.9. The largest absolute Gasteiger partial charge is 0.459 e. The van der Waals surface area contributed by atoms with Crippen molar-refractivity contribution in [3.8, 4) is 0 Å². The first-order valence-corrected chi connectivity index (χ1v) is 10.0. The van der Waals surface area contributed by atoms with Gasteiger partial charge in [-0.05, 0) is 36.4 Å². The maximum Gasteiger partial charge on any atom is 0.338 e. The van der Waals surface area contributed by atoms with E-state index in [4.69, 9.17) is 18.9 Å². The first-order chi connectivity index (χ1) is 13.8. The summed E-state index contributed by atoms with van der Waals surface area (Å²) >= 11 is 6.57. The first kappa shape index (κ1) is 23.1. The second kappa shape index (κ2) is 11.7. The standard InChI is InChI=1S/C20H18Br2O7/c1-13(23)28-12-29-18(10-26-19(24)14-4-2-6-16(21)8-14)11-27-20(25)15-5-3-7-17(22)9-15/h2-9,18H,10-12H2,1H3. The van der Waals surface area contributed by atoms with Gasteiger partial charge < -0.3 is 18.9 Å². The molecule has 0 aliphatic heterocycles. The van der Waals surface area contributed by atoms with Gasteiger partial charge in [-0.25, -0.2) is 9.59 Å². The normalized spacial score (nSPS) is 10.5. The predicted molar refractivity (Wildman–Crippen MR) is 110 cm³/mol. The molecule has 2 rings (SSSR count). The van der Waals surface area contributed by atoms with Crippen LogP contribution < -0.4 is 0 Å². The summed E-state index contributed by atoms with van der Waals surface area (Å²) in [6, 6.07) is 13.4. The molecule has 9 heteroatoms. The van der Waals surface area contributed by atoms with Crippen molar-refractivity contribution in [1.29, 1.82) is 0 Å². The number of ether oxygens (including phenoxy) is 4. The lowest BCUT2D eigenvalue weighted by Gasteiger charge is -2.18. The maximum atomic E-state index is 12.2. The molecule has 0 radical (unpaired) electrons. The zero-order valence-electron chi connectivity index (χ0n) is 15.4. The lowest BCUT2D eigenvalue weighted by atomic mass is 10.2. The number of rotatable bonds is 9. The molecule has 0 aliphatic rings. The van der Waals surface area contributed by atoms with E-state index < -0.39 is 24.0 Å². The topological polar surface area (TPSA) is 88.1 Å². The van der Waals surface area contributed by atoms with Gasteiger partial charge in [-0.15, -0.1) is 0 Å². The Morgan fingerprint density at radius 3 is 1.72 bits per heavy atom. The molecule has 29 heavy (non-hydrogen) atoms. The molecule has 0 saturated heterocycles. The molecule has 2 aromatic rings. The number of halogens is 2. The van der Waals surface area contributed by atoms with Gasteiger partial charge in [0.05, 0.1) is 11.1 Å². The monoisotopic (exact) mass is 528 g/mol. The van der Waals surface area contributed by atoms with Crippen LogP contribution in [0.25, 0.3) is 0 Å². The Balaban J connectivity index is 1.93. The van der Waals surface area contributed by atoms with Crippen LogP contribution in [0.3, 0.4) is 0 Å². The zero-order valence-corrected chi connectivity index (χ0v) is 18.6. The van der Waals surface area contributed by atoms with Crippen LogP contribution in [-0.4, -0.2) is 44.0 Å². The third kappa shape index (κ3) is 8.35. The number of hydrogen-bond acceptors (Lipinski definition) is 7. The second-order valence-electron chi connectivity index (χ2n) is 5.76. The molecule has 154 valence electrons. The summed E-state index contributed by atoms with van der Waals surface area (Å²) in [7, 11) is 0. The predicted octanol–water partition coefficient (Wildman–Crippen LogP) is 4.13. The van der Waals surface area contributed by atoms with Crippen LogP contribution >= 0.6 is 31.9 Å². The van der Waals surface area contributed by atoms with E-state index >= 15 is 0 Å². The number of benzene rings is 2. The number of hydrogen-bond donors (Lipinski definition) is 0. The van der Waals surface area contributed by atoms with Crippen LogP contribution in [0.15, 0.2) is 57.5 Å². The minimum absolute atomic E-state index is 0.196. The lowest BCUT2D eigenvalue weighted by Crippen LogP contribution is -2.29. The molecule has 0 saturated carbocycles. The fraction of sp³-hybridized carbons (Fsp3) is 0.250. The van der Waals surface area contributed by atoms with Gasteiger partial charge >= 0.3 is 17.9 Å². The van der Waals surface area contributed by atoms with Crippen LogP contribution in [0, 0.1) is 0 Å². The second-order valence-corrected chi connectivity index (χ2v) is 7.59. The van der Waals surface area contributed by atoms with Crippen molar-refractivity contribution in [3.05, 3.63) is 68.6 Å². The Kier molecular flexibility index (Phi) is 9.30. The van der Waals surface area contributed by atoms with Crippen molar-refractivity contribution >= 4 is 49.8 Å². The van der Waals surface area contributed by atoms with Crippen LogP contribution in [-0.2, 0) is 23.7 Å². The number of carbonyl (C=O) groups is 3. The highest BCUT2D eigenvalue weighted by molar-refractivity contribution is 9.10. The molecule has 0 amide bonds. The third-order valence-electron chi connectivity index (χ3n) is 3.49. The minimum atomic E-state index is -0.818. The molecule has 0 unspecified atom stereocenters. The van der Waals surface area contributed by atoms with Gasteiger partial charge in [0.15, 0.2) is 6.79 Å². The zero-order chi connectivity index (χ0) is 21.2. The molecule has 0 aliphatic carbocycles. The number of esters is 3. The van der Waals surface area contributed by atoms with Crippen molar-refractivity contribution < 1.29 is 33.3 Å². The fourth-order valence-corrected chi connectivity index (χ4v) is 2.89. The summed E-state index contributed by atoms with van der Waals surface area (Å²) in [5.41, 5.74) is 0.702. The van der Waals surface area contributed by atoms with E-state index in [0.29, 0.717) is 11.1 Å². The van der Waals surface area contributed by atoms with E-state index in [-0.39, 0.29) is 20.0 Å². The van der Waals surface area contributed by atoms with Gasteiger partial charge in [0.2, 0.25) is 0 Å². The molecule has 0 bridgehead atoms. The molecule has 2 aromatic carbocycles. The summed E-state index contributed by atoms with van der Waals surface area (Å²) in [6.07, 6.45) is -0.818. The highest BCUT2D eigenvalue weighted by Gasteiger charge is 2.18. The van der Waals surface area contributed by atoms with Gasteiger partial charge in [-0.2, -0.15) is 0 Å². The molecule has 0 fully saturated rings. The molecule has 0 heterocycles. The number of carbonyl (C=O) groups excluding carboxylic acids is 3. The average molecular weight is 530 g/mol. The summed E-state index contributed by atoms with van der Waals surface area (Å²) in [5.74, 6) is -1.66. The Bertz CT molecular complexity index is 808. The quantitative estimate of drug-likeness (QED) is 0.274. The van der Waals surface area contributed by atoms with Crippen molar-refractivity contribution in [2.24, 2.45) is 0 Å². The van der Waals surface area contributed by atoms with Crippen molar-refractivity contribution in [1.82, 2.24) is 0 Å². The van der Waals surface area contributed by atoms with Crippen LogP contribution in [0.4, 0.5) is 0 Å². The summed E-state index contributed by atoms with van der Waals surface area (Å²) in [6.45, 7) is 0.485. The van der Waals surface area contributed by atoms with E-state index in [0.717, 1.165) is 8.95 Å². The van der Waals surface area contributed by atoms with Gasteiger partial charge in [-0.1, -0.05) is 44.0 Å². The summed E-state index contributed by atoms with van der Waals surface area (Å²) < 4.78 is 22.0. The molecule has 7 nitrogen and oxygen atoms in total. The minimum Gasteiger partial charge on any atom is -0.459 e. The van der Waals surface area contributed by atoms with E-state index in [2.05, 4.69) is 31.9 Å². The van der Waals surface area contributed by atoms with Crippen molar-refractivity contribution in [2.45, 2.75) is 13.0 Å². The van der Waals surface area contributed by atoms with E-state index in [1.165, 1.54) is 6.92 Å². The molecular weight excluding hydrogens is 512 g/mol. The van der Waals surface area contributed by atoms with Crippen LogP contribution in [0.2, 0.25) is 0 Å². The van der Waals surface area contributed by atoms with Crippen molar-refractivity contribution in [2.75, 3.05) is 20.0 Å². The van der Waals surface area contributed by atoms with E-state index in [9.17, 15) is 14.4 Å². The van der Waals surface area contributed by atoms with E-state index in [1.807, 2.05) is 0 Å².